The van der Waals surface area contributed by atoms with E-state index in [0.717, 1.165) is 37.8 Å². The lowest BCUT2D eigenvalue weighted by atomic mass is 9.89. The van der Waals surface area contributed by atoms with Gasteiger partial charge in [-0.25, -0.2) is 13.3 Å². The van der Waals surface area contributed by atoms with Crippen LogP contribution in [0.3, 0.4) is 0 Å². The Balaban J connectivity index is 2.39. The maximum atomic E-state index is 11.5. The fourth-order valence-corrected chi connectivity index (χ4v) is 3.07. The Labute approximate surface area is 88.0 Å². The molecule has 1 aliphatic rings. The Hall–Kier alpha value is -0.0900. The van der Waals surface area contributed by atoms with E-state index in [0.29, 0.717) is 0 Å². The van der Waals surface area contributed by atoms with Crippen LogP contribution in [0.25, 0.3) is 0 Å². The number of hydrogen-bond donors (Lipinski definition) is 1. The van der Waals surface area contributed by atoms with E-state index >= 15 is 0 Å². The van der Waals surface area contributed by atoms with Crippen LogP contribution in [0.1, 0.15) is 33.1 Å². The fraction of sp³-hybridized carbons (Fsp3) is 1.00. The van der Waals surface area contributed by atoms with E-state index in [1.807, 2.05) is 4.31 Å². The maximum Gasteiger partial charge on any atom is 0.104 e. The van der Waals surface area contributed by atoms with Gasteiger partial charge < -0.3 is 0 Å². The molecule has 4 heteroatoms. The molecule has 1 heterocycles. The van der Waals surface area contributed by atoms with Crippen LogP contribution in [0.4, 0.5) is 0 Å². The molecule has 0 aromatic heterocycles. The lowest BCUT2D eigenvalue weighted by Gasteiger charge is -2.32. The van der Waals surface area contributed by atoms with Crippen molar-refractivity contribution < 1.29 is 4.21 Å². The average Bonchev–Trinajstić information content (AvgIpc) is 2.02. The van der Waals surface area contributed by atoms with Crippen molar-refractivity contribution in [3.63, 3.8) is 0 Å². The molecule has 1 rings (SSSR count). The fourth-order valence-electron chi connectivity index (χ4n) is 2.16. The summed E-state index contributed by atoms with van der Waals surface area (Å²) < 4.78 is 20.8. The SMILES string of the molecule is CC(C)CC1CCN(S(C)(=N)=O)CC1. The first-order valence-electron chi connectivity index (χ1n) is 5.38. The predicted octanol–water partition coefficient (Wildman–Crippen LogP) is 2.34. The molecule has 0 aromatic rings. The van der Waals surface area contributed by atoms with Gasteiger partial charge in [-0.2, -0.15) is 0 Å². The summed E-state index contributed by atoms with van der Waals surface area (Å²) in [5.41, 5.74) is 0. The molecule has 1 aliphatic heterocycles. The van der Waals surface area contributed by atoms with Gasteiger partial charge in [-0.3, -0.25) is 0 Å². The zero-order valence-corrected chi connectivity index (χ0v) is 10.3. The third-order valence-corrected chi connectivity index (χ3v) is 4.22. The van der Waals surface area contributed by atoms with Crippen LogP contribution in [0.2, 0.25) is 0 Å². The van der Waals surface area contributed by atoms with Crippen molar-refractivity contribution in [2.75, 3.05) is 19.3 Å². The predicted molar refractivity (Wildman–Crippen MR) is 60.5 cm³/mol. The van der Waals surface area contributed by atoms with Crippen LogP contribution in [0, 0.1) is 16.6 Å². The summed E-state index contributed by atoms with van der Waals surface area (Å²) >= 11 is 0. The smallest absolute Gasteiger partial charge is 0.104 e. The van der Waals surface area contributed by atoms with Gasteiger partial charge in [-0.15, -0.1) is 0 Å². The molecule has 0 aliphatic carbocycles. The second-order valence-corrected chi connectivity index (χ2v) is 6.93. The molecule has 1 fully saturated rings. The van der Waals surface area contributed by atoms with E-state index in [4.69, 9.17) is 4.78 Å². The summed E-state index contributed by atoms with van der Waals surface area (Å²) in [6, 6.07) is 0. The molecule has 1 saturated heterocycles. The van der Waals surface area contributed by atoms with Crippen molar-refractivity contribution in [2.24, 2.45) is 11.8 Å². The third-order valence-electron chi connectivity index (χ3n) is 2.87. The van der Waals surface area contributed by atoms with Gasteiger partial charge >= 0.3 is 0 Å². The first kappa shape index (κ1) is 12.0. The molecule has 0 radical (unpaired) electrons. The number of piperidine rings is 1. The van der Waals surface area contributed by atoms with Crippen molar-refractivity contribution in [1.82, 2.24) is 4.31 Å². The van der Waals surface area contributed by atoms with E-state index in [-0.39, 0.29) is 0 Å². The molecule has 0 amide bonds. The highest BCUT2D eigenvalue weighted by Crippen LogP contribution is 2.24. The zero-order valence-electron chi connectivity index (χ0n) is 9.45. The van der Waals surface area contributed by atoms with Gasteiger partial charge in [0.15, 0.2) is 0 Å². The van der Waals surface area contributed by atoms with Gasteiger partial charge in [0, 0.05) is 19.3 Å². The molecule has 0 aromatic carbocycles. The first-order valence-corrected chi connectivity index (χ1v) is 7.30. The number of nitrogens with one attached hydrogen (secondary N) is 1. The highest BCUT2D eigenvalue weighted by molar-refractivity contribution is 7.89. The van der Waals surface area contributed by atoms with Crippen molar-refractivity contribution in [3.05, 3.63) is 0 Å². The lowest BCUT2D eigenvalue weighted by Crippen LogP contribution is -2.37. The topological polar surface area (TPSA) is 44.2 Å². The van der Waals surface area contributed by atoms with Gasteiger partial charge in [0.1, 0.15) is 9.92 Å². The summed E-state index contributed by atoms with van der Waals surface area (Å²) in [7, 11) is -2.44. The Morgan fingerprint density at radius 2 is 1.93 bits per heavy atom. The maximum absolute atomic E-state index is 11.5. The van der Waals surface area contributed by atoms with Crippen molar-refractivity contribution in [3.8, 4) is 0 Å². The zero-order chi connectivity index (χ0) is 10.8. The van der Waals surface area contributed by atoms with Crippen LogP contribution in [-0.2, 0) is 9.92 Å². The minimum absolute atomic E-state index is 0.758. The molecule has 1 unspecified atom stereocenters. The molecule has 1 N–H and O–H groups in total. The molecular formula is C10H22N2OS. The largest absolute Gasteiger partial charge is 0.240 e. The first-order chi connectivity index (χ1) is 6.39. The van der Waals surface area contributed by atoms with Crippen molar-refractivity contribution in [2.45, 2.75) is 33.1 Å². The number of hydrogen-bond acceptors (Lipinski definition) is 2. The van der Waals surface area contributed by atoms with E-state index < -0.39 is 9.92 Å². The number of nitrogens with zero attached hydrogens (tertiary/aromatic N) is 1. The molecule has 84 valence electrons. The molecule has 0 spiro atoms. The van der Waals surface area contributed by atoms with Crippen molar-refractivity contribution >= 4 is 9.92 Å². The highest BCUT2D eigenvalue weighted by Gasteiger charge is 2.23. The van der Waals surface area contributed by atoms with Crippen LogP contribution < -0.4 is 0 Å². The van der Waals surface area contributed by atoms with Crippen LogP contribution >= 0.6 is 0 Å². The molecule has 1 atom stereocenters. The van der Waals surface area contributed by atoms with Gasteiger partial charge in [-0.1, -0.05) is 13.8 Å². The monoisotopic (exact) mass is 218 g/mol. The van der Waals surface area contributed by atoms with Gasteiger partial charge in [0.05, 0.1) is 0 Å². The van der Waals surface area contributed by atoms with E-state index in [1.165, 1.54) is 12.7 Å². The Morgan fingerprint density at radius 3 is 2.29 bits per heavy atom. The summed E-state index contributed by atoms with van der Waals surface area (Å²) in [5, 5.41) is 0. The second kappa shape index (κ2) is 4.62. The minimum Gasteiger partial charge on any atom is -0.240 e. The summed E-state index contributed by atoms with van der Waals surface area (Å²) in [5.74, 6) is 1.54. The lowest BCUT2D eigenvalue weighted by molar-refractivity contribution is 0.251. The van der Waals surface area contributed by atoms with E-state index in [1.54, 1.807) is 0 Å². The average molecular weight is 218 g/mol. The van der Waals surface area contributed by atoms with Crippen LogP contribution in [0.5, 0.6) is 0 Å². The summed E-state index contributed by atoms with van der Waals surface area (Å²) in [6.07, 6.45) is 5.02. The highest BCUT2D eigenvalue weighted by atomic mass is 32.2. The van der Waals surface area contributed by atoms with Crippen LogP contribution in [0.15, 0.2) is 0 Å². The standard InChI is InChI=1S/C10H22N2OS/c1-9(2)8-10-4-6-12(7-5-10)14(3,11)13/h9-11H,4-8H2,1-3H3. The van der Waals surface area contributed by atoms with E-state index in [9.17, 15) is 4.21 Å². The molecule has 0 saturated carbocycles. The second-order valence-electron chi connectivity index (χ2n) is 4.80. The summed E-state index contributed by atoms with van der Waals surface area (Å²) in [6.45, 7) is 6.19. The molecule has 14 heavy (non-hydrogen) atoms. The van der Waals surface area contributed by atoms with Crippen molar-refractivity contribution in [1.29, 1.82) is 4.78 Å². The third kappa shape index (κ3) is 3.58. The van der Waals surface area contributed by atoms with Gasteiger partial charge in [0.2, 0.25) is 0 Å². The van der Waals surface area contributed by atoms with Gasteiger partial charge in [0.25, 0.3) is 0 Å². The summed E-state index contributed by atoms with van der Waals surface area (Å²) in [4.78, 5) is 0. The minimum atomic E-state index is -2.44. The Kier molecular flexibility index (Phi) is 3.95. The van der Waals surface area contributed by atoms with Gasteiger partial charge in [-0.05, 0) is 31.1 Å². The Bertz CT molecular complexity index is 264. The van der Waals surface area contributed by atoms with E-state index in [2.05, 4.69) is 13.8 Å². The number of rotatable bonds is 3. The molecule has 3 nitrogen and oxygen atoms in total. The van der Waals surface area contributed by atoms with Crippen LogP contribution in [-0.4, -0.2) is 27.9 Å². The normalized spacial score (nSPS) is 25.1. The molecule has 0 bridgehead atoms. The molecular weight excluding hydrogens is 196 g/mol. The quantitative estimate of drug-likeness (QED) is 0.776. The Morgan fingerprint density at radius 1 is 1.43 bits per heavy atom.